The first-order valence-corrected chi connectivity index (χ1v) is 13.1. The highest BCUT2D eigenvalue weighted by Gasteiger charge is 2.29. The van der Waals surface area contributed by atoms with E-state index in [9.17, 15) is 9.18 Å². The highest BCUT2D eigenvalue weighted by molar-refractivity contribution is 5.99. The number of aryl methyl sites for hydroxylation is 1. The third kappa shape index (κ3) is 4.73. The summed E-state index contributed by atoms with van der Waals surface area (Å²) in [4.78, 5) is 20.2. The number of ether oxygens (including phenoxy) is 1. The van der Waals surface area contributed by atoms with Gasteiger partial charge < -0.3 is 14.2 Å². The Morgan fingerprint density at radius 3 is 2.65 bits per heavy atom. The molecule has 7 heteroatoms. The summed E-state index contributed by atoms with van der Waals surface area (Å²) in [6.07, 6.45) is 11.1. The van der Waals surface area contributed by atoms with Gasteiger partial charge in [-0.15, -0.1) is 0 Å². The standard InChI is InChI=1S/C30H33FN4O2/c1-19(20-6-4-5-7-20)35-12-10-21(11-13-35)25-18-34(2)30-28(25)29(37-3)24(17-33-30)15-27(36)22-8-9-26(31)23(14-22)16-32/h8-9,14,17-18,20-21H,1,4-7,10-13,15H2,2-3H3. The Morgan fingerprint density at radius 1 is 1.24 bits per heavy atom. The second-order valence-corrected chi connectivity index (χ2v) is 10.4. The van der Waals surface area contributed by atoms with Gasteiger partial charge in [0.25, 0.3) is 0 Å². The van der Waals surface area contributed by atoms with Crippen LogP contribution in [0.25, 0.3) is 11.0 Å². The van der Waals surface area contributed by atoms with Gasteiger partial charge in [-0.05, 0) is 61.3 Å². The van der Waals surface area contributed by atoms with Crippen LogP contribution in [-0.2, 0) is 13.5 Å². The predicted octanol–water partition coefficient (Wildman–Crippen LogP) is 5.90. The van der Waals surface area contributed by atoms with Crippen molar-refractivity contribution >= 4 is 16.8 Å². The number of nitrogens with zero attached hydrogens (tertiary/aromatic N) is 4. The fourth-order valence-electron chi connectivity index (χ4n) is 6.11. The minimum atomic E-state index is -0.633. The van der Waals surface area contributed by atoms with Gasteiger partial charge in [-0.1, -0.05) is 19.4 Å². The van der Waals surface area contributed by atoms with Gasteiger partial charge in [0.1, 0.15) is 23.3 Å². The van der Waals surface area contributed by atoms with Gasteiger partial charge in [0.15, 0.2) is 5.78 Å². The van der Waals surface area contributed by atoms with Gasteiger partial charge in [-0.25, -0.2) is 9.37 Å². The Morgan fingerprint density at radius 2 is 1.97 bits per heavy atom. The van der Waals surface area contributed by atoms with Crippen LogP contribution in [0.4, 0.5) is 4.39 Å². The molecule has 2 aromatic heterocycles. The summed E-state index contributed by atoms with van der Waals surface area (Å²) in [6, 6.07) is 5.68. The Hall–Kier alpha value is -3.66. The molecule has 2 aliphatic rings. The maximum Gasteiger partial charge on any atom is 0.167 e. The predicted molar refractivity (Wildman–Crippen MR) is 141 cm³/mol. The van der Waals surface area contributed by atoms with Crippen molar-refractivity contribution in [3.63, 3.8) is 0 Å². The third-order valence-electron chi connectivity index (χ3n) is 8.17. The first kappa shape index (κ1) is 25.0. The van der Waals surface area contributed by atoms with Gasteiger partial charge >= 0.3 is 0 Å². The van der Waals surface area contributed by atoms with Crippen LogP contribution in [0.3, 0.4) is 0 Å². The number of benzene rings is 1. The summed E-state index contributed by atoms with van der Waals surface area (Å²) in [6.45, 7) is 6.43. The molecule has 192 valence electrons. The van der Waals surface area contributed by atoms with Crippen molar-refractivity contribution in [1.82, 2.24) is 14.5 Å². The summed E-state index contributed by atoms with van der Waals surface area (Å²) in [5, 5.41) is 10.1. The number of hydrogen-bond donors (Lipinski definition) is 0. The number of methoxy groups -OCH3 is 1. The Labute approximate surface area is 217 Å². The van der Waals surface area contributed by atoms with Gasteiger partial charge in [0, 0.05) is 55.8 Å². The molecule has 6 nitrogen and oxygen atoms in total. The fourth-order valence-corrected chi connectivity index (χ4v) is 6.11. The van der Waals surface area contributed by atoms with E-state index in [0.717, 1.165) is 43.0 Å². The number of carbonyl (C=O) groups excluding carboxylic acids is 1. The topological polar surface area (TPSA) is 71.2 Å². The van der Waals surface area contributed by atoms with E-state index < -0.39 is 5.82 Å². The maximum absolute atomic E-state index is 13.7. The van der Waals surface area contributed by atoms with Crippen LogP contribution in [0.2, 0.25) is 0 Å². The molecule has 0 spiro atoms. The van der Waals surface area contributed by atoms with E-state index in [0.29, 0.717) is 28.7 Å². The number of rotatable bonds is 7. The van der Waals surface area contributed by atoms with Crippen LogP contribution in [0, 0.1) is 23.1 Å². The van der Waals surface area contributed by atoms with E-state index >= 15 is 0 Å². The number of allylic oxidation sites excluding steroid dienone is 1. The number of ketones is 1. The van der Waals surface area contributed by atoms with E-state index in [1.807, 2.05) is 11.6 Å². The minimum absolute atomic E-state index is 0.0522. The molecular weight excluding hydrogens is 467 g/mol. The van der Waals surface area contributed by atoms with E-state index in [-0.39, 0.29) is 17.8 Å². The smallest absolute Gasteiger partial charge is 0.167 e. The summed E-state index contributed by atoms with van der Waals surface area (Å²) in [5.74, 6) is 0.824. The number of carbonyl (C=O) groups is 1. The monoisotopic (exact) mass is 500 g/mol. The van der Waals surface area contributed by atoms with Crippen molar-refractivity contribution in [3.8, 4) is 11.8 Å². The summed E-state index contributed by atoms with van der Waals surface area (Å²) >= 11 is 0. The molecule has 1 saturated heterocycles. The van der Waals surface area contributed by atoms with E-state index in [4.69, 9.17) is 10.00 Å². The molecule has 3 aromatic rings. The second kappa shape index (κ2) is 10.4. The molecule has 0 radical (unpaired) electrons. The number of hydrogen-bond acceptors (Lipinski definition) is 5. The van der Waals surface area contributed by atoms with Crippen molar-refractivity contribution < 1.29 is 13.9 Å². The van der Waals surface area contributed by atoms with Crippen molar-refractivity contribution in [1.29, 1.82) is 5.26 Å². The van der Waals surface area contributed by atoms with Crippen LogP contribution in [0.15, 0.2) is 42.9 Å². The zero-order valence-corrected chi connectivity index (χ0v) is 21.6. The van der Waals surface area contributed by atoms with Gasteiger partial charge in [-0.2, -0.15) is 5.26 Å². The fraction of sp³-hybridized carbons (Fsp3) is 0.433. The van der Waals surface area contributed by atoms with Crippen LogP contribution >= 0.6 is 0 Å². The summed E-state index contributed by atoms with van der Waals surface area (Å²) < 4.78 is 21.7. The molecule has 0 N–H and O–H groups in total. The van der Waals surface area contributed by atoms with E-state index in [2.05, 4.69) is 22.7 Å². The van der Waals surface area contributed by atoms with Crippen molar-refractivity contribution in [2.45, 2.75) is 50.9 Å². The van der Waals surface area contributed by atoms with Gasteiger partial charge in [0.05, 0.1) is 18.1 Å². The molecule has 37 heavy (non-hydrogen) atoms. The summed E-state index contributed by atoms with van der Waals surface area (Å²) in [5.41, 5.74) is 4.18. The molecule has 0 atom stereocenters. The number of aromatic nitrogens is 2. The number of likely N-dealkylation sites (tertiary alicyclic amines) is 1. The van der Waals surface area contributed by atoms with Crippen LogP contribution in [-0.4, -0.2) is 40.4 Å². The molecule has 1 aromatic carbocycles. The zero-order chi connectivity index (χ0) is 26.1. The molecule has 3 heterocycles. The highest BCUT2D eigenvalue weighted by atomic mass is 19.1. The quantitative estimate of drug-likeness (QED) is 0.378. The highest BCUT2D eigenvalue weighted by Crippen LogP contribution is 2.41. The zero-order valence-electron chi connectivity index (χ0n) is 21.6. The van der Waals surface area contributed by atoms with Crippen molar-refractivity contribution in [2.24, 2.45) is 13.0 Å². The van der Waals surface area contributed by atoms with Gasteiger partial charge in [-0.3, -0.25) is 4.79 Å². The lowest BCUT2D eigenvalue weighted by Crippen LogP contribution is -2.34. The number of fused-ring (bicyclic) bond motifs is 1. The van der Waals surface area contributed by atoms with Crippen LogP contribution in [0.1, 0.15) is 71.5 Å². The average molecular weight is 501 g/mol. The molecule has 0 bridgehead atoms. The van der Waals surface area contributed by atoms with Crippen molar-refractivity contribution in [3.05, 3.63) is 70.9 Å². The van der Waals surface area contributed by atoms with Crippen molar-refractivity contribution in [2.75, 3.05) is 20.2 Å². The van der Waals surface area contributed by atoms with Gasteiger partial charge in [0.2, 0.25) is 0 Å². The van der Waals surface area contributed by atoms with E-state index in [1.165, 1.54) is 49.1 Å². The largest absolute Gasteiger partial charge is 0.496 e. The number of nitriles is 1. The number of halogens is 1. The Kier molecular flexibility index (Phi) is 7.01. The second-order valence-electron chi connectivity index (χ2n) is 10.4. The summed E-state index contributed by atoms with van der Waals surface area (Å²) in [7, 11) is 3.61. The molecule has 0 amide bonds. The third-order valence-corrected chi connectivity index (χ3v) is 8.17. The average Bonchev–Trinajstić information content (AvgIpc) is 3.57. The molecule has 1 saturated carbocycles. The molecule has 0 unspecified atom stereocenters. The Balaban J connectivity index is 1.40. The number of Topliss-reactive ketones (excluding diaryl/α,β-unsaturated/α-hetero) is 1. The lowest BCUT2D eigenvalue weighted by Gasteiger charge is -2.37. The SMILES string of the molecule is C=C(C1CCCC1)N1CCC(c2cn(C)c3ncc(CC(=O)c4ccc(F)c(C#N)c4)c(OC)c23)CC1. The first-order valence-electron chi connectivity index (χ1n) is 13.1. The molecule has 2 fully saturated rings. The maximum atomic E-state index is 13.7. The molecular formula is C30H33FN4O2. The minimum Gasteiger partial charge on any atom is -0.496 e. The number of pyridine rings is 1. The lowest BCUT2D eigenvalue weighted by atomic mass is 9.88. The normalized spacial score (nSPS) is 16.8. The number of piperidine rings is 1. The van der Waals surface area contributed by atoms with Crippen LogP contribution in [0.5, 0.6) is 5.75 Å². The lowest BCUT2D eigenvalue weighted by molar-refractivity contribution is 0.0992. The molecule has 1 aliphatic carbocycles. The molecule has 5 rings (SSSR count). The molecule has 1 aliphatic heterocycles. The first-order chi connectivity index (χ1) is 17.9. The van der Waals surface area contributed by atoms with Crippen LogP contribution < -0.4 is 4.74 Å². The van der Waals surface area contributed by atoms with E-state index in [1.54, 1.807) is 19.4 Å². The Bertz CT molecular complexity index is 1390.